The molecule has 15 heavy (non-hydrogen) atoms. The molecular weight excluding hydrogens is 200 g/mol. The summed E-state index contributed by atoms with van der Waals surface area (Å²) in [4.78, 5) is 1.41. The van der Waals surface area contributed by atoms with Crippen molar-refractivity contribution >= 4 is 11.8 Å². The van der Waals surface area contributed by atoms with Gasteiger partial charge in [0.2, 0.25) is 0 Å². The summed E-state index contributed by atoms with van der Waals surface area (Å²) in [6.07, 6.45) is 0. The lowest BCUT2D eigenvalue weighted by atomic mass is 10.0. The average Bonchev–Trinajstić information content (AvgIpc) is 2.05. The molecule has 1 heteroatoms. The highest BCUT2D eigenvalue weighted by molar-refractivity contribution is 8.00. The average molecular weight is 222 g/mol. The van der Waals surface area contributed by atoms with E-state index in [0.29, 0.717) is 10.7 Å². The molecule has 0 atom stereocenters. The molecule has 84 valence electrons. The molecular formula is C14H22S. The third kappa shape index (κ3) is 3.90. The summed E-state index contributed by atoms with van der Waals surface area (Å²) in [5.41, 5.74) is 2.84. The van der Waals surface area contributed by atoms with Crippen molar-refractivity contribution in [3.8, 4) is 0 Å². The molecule has 0 aliphatic heterocycles. The first-order valence-electron chi connectivity index (χ1n) is 5.59. The van der Waals surface area contributed by atoms with Crippen LogP contribution in [-0.2, 0) is 0 Å². The van der Waals surface area contributed by atoms with Crippen LogP contribution in [-0.4, -0.2) is 4.75 Å². The second-order valence-electron chi connectivity index (χ2n) is 5.39. The molecule has 0 aliphatic carbocycles. The molecule has 0 heterocycles. The normalized spacial score (nSPS) is 12.2. The predicted molar refractivity (Wildman–Crippen MR) is 70.9 cm³/mol. The lowest BCUT2D eigenvalue weighted by molar-refractivity contribution is 0.801. The van der Waals surface area contributed by atoms with E-state index < -0.39 is 0 Å². The van der Waals surface area contributed by atoms with Gasteiger partial charge in [-0.1, -0.05) is 46.8 Å². The van der Waals surface area contributed by atoms with Crippen LogP contribution in [0.3, 0.4) is 0 Å². The molecule has 0 saturated carbocycles. The van der Waals surface area contributed by atoms with Crippen LogP contribution in [0.15, 0.2) is 23.1 Å². The molecule has 0 spiro atoms. The fourth-order valence-corrected chi connectivity index (χ4v) is 2.49. The number of thioether (sulfide) groups is 1. The molecule has 0 unspecified atom stereocenters. The van der Waals surface area contributed by atoms with Crippen LogP contribution in [0.1, 0.15) is 51.7 Å². The summed E-state index contributed by atoms with van der Waals surface area (Å²) in [6, 6.07) is 6.84. The Kier molecular flexibility index (Phi) is 3.88. The molecule has 0 amide bonds. The second kappa shape index (κ2) is 4.61. The molecule has 1 aromatic rings. The Hall–Kier alpha value is -0.430. The number of hydrogen-bond acceptors (Lipinski definition) is 1. The van der Waals surface area contributed by atoms with Gasteiger partial charge in [-0.25, -0.2) is 0 Å². The fraction of sp³-hybridized carbons (Fsp3) is 0.571. The van der Waals surface area contributed by atoms with Gasteiger partial charge in [-0.05, 0) is 30.0 Å². The van der Waals surface area contributed by atoms with Gasteiger partial charge in [-0.3, -0.25) is 0 Å². The zero-order valence-corrected chi connectivity index (χ0v) is 11.5. The largest absolute Gasteiger partial charge is 0.120 e. The van der Waals surface area contributed by atoms with Crippen molar-refractivity contribution < 1.29 is 0 Å². The van der Waals surface area contributed by atoms with Crippen LogP contribution in [0.2, 0.25) is 0 Å². The predicted octanol–water partition coefficient (Wildman–Crippen LogP) is 5.01. The topological polar surface area (TPSA) is 0 Å². The maximum absolute atomic E-state index is 2.32. The third-order valence-corrected chi connectivity index (χ3v) is 3.57. The van der Waals surface area contributed by atoms with Crippen molar-refractivity contribution in [2.24, 2.45) is 0 Å². The van der Waals surface area contributed by atoms with E-state index in [4.69, 9.17) is 0 Å². The molecule has 0 fully saturated rings. The molecule has 0 bridgehead atoms. The number of aryl methyl sites for hydroxylation is 1. The number of hydrogen-bond donors (Lipinski definition) is 0. The Bertz CT molecular complexity index is 332. The van der Waals surface area contributed by atoms with Crippen molar-refractivity contribution in [2.75, 3.05) is 0 Å². The highest BCUT2D eigenvalue weighted by Crippen LogP contribution is 2.34. The minimum atomic E-state index is 0.296. The number of benzene rings is 1. The Morgan fingerprint density at radius 2 is 1.73 bits per heavy atom. The van der Waals surface area contributed by atoms with Gasteiger partial charge in [-0.2, -0.15) is 0 Å². The van der Waals surface area contributed by atoms with Crippen molar-refractivity contribution in [1.29, 1.82) is 0 Å². The lowest BCUT2D eigenvalue weighted by Crippen LogP contribution is -2.07. The van der Waals surface area contributed by atoms with Gasteiger partial charge in [0.05, 0.1) is 0 Å². The van der Waals surface area contributed by atoms with Gasteiger partial charge in [0, 0.05) is 9.64 Å². The van der Waals surface area contributed by atoms with Crippen LogP contribution in [0.4, 0.5) is 0 Å². The van der Waals surface area contributed by atoms with Gasteiger partial charge in [-0.15, -0.1) is 11.8 Å². The van der Waals surface area contributed by atoms with Crippen molar-refractivity contribution in [1.82, 2.24) is 0 Å². The van der Waals surface area contributed by atoms with Gasteiger partial charge >= 0.3 is 0 Å². The van der Waals surface area contributed by atoms with E-state index in [0.717, 1.165) is 0 Å². The minimum Gasteiger partial charge on any atom is -0.120 e. The number of rotatable bonds is 2. The highest BCUT2D eigenvalue weighted by atomic mass is 32.2. The molecule has 1 aromatic carbocycles. The van der Waals surface area contributed by atoms with E-state index in [1.54, 1.807) is 0 Å². The lowest BCUT2D eigenvalue weighted by Gasteiger charge is -2.19. The Morgan fingerprint density at radius 1 is 1.13 bits per heavy atom. The van der Waals surface area contributed by atoms with Crippen LogP contribution in [0.5, 0.6) is 0 Å². The van der Waals surface area contributed by atoms with Crippen molar-refractivity contribution in [3.63, 3.8) is 0 Å². The first-order valence-corrected chi connectivity index (χ1v) is 6.41. The quantitative estimate of drug-likeness (QED) is 0.634. The van der Waals surface area contributed by atoms with Gasteiger partial charge in [0.1, 0.15) is 0 Å². The second-order valence-corrected chi connectivity index (χ2v) is 7.26. The highest BCUT2D eigenvalue weighted by Gasteiger charge is 2.13. The first-order chi connectivity index (χ1) is 6.79. The van der Waals surface area contributed by atoms with E-state index in [1.165, 1.54) is 16.0 Å². The molecule has 0 aliphatic rings. The Balaban J connectivity index is 2.94. The van der Waals surface area contributed by atoms with Crippen molar-refractivity contribution in [2.45, 2.75) is 57.1 Å². The van der Waals surface area contributed by atoms with E-state index in [9.17, 15) is 0 Å². The van der Waals surface area contributed by atoms with E-state index in [-0.39, 0.29) is 0 Å². The molecule has 0 nitrogen and oxygen atoms in total. The van der Waals surface area contributed by atoms with Gasteiger partial charge < -0.3 is 0 Å². The smallest absolute Gasteiger partial charge is 0.0122 e. The zero-order valence-electron chi connectivity index (χ0n) is 10.7. The van der Waals surface area contributed by atoms with Crippen LogP contribution >= 0.6 is 11.8 Å². The van der Waals surface area contributed by atoms with E-state index >= 15 is 0 Å². The maximum atomic E-state index is 2.32. The first kappa shape index (κ1) is 12.6. The standard InChI is InChI=1S/C14H22S/c1-10(2)12-7-8-13(11(3)9-12)15-14(4,5)6/h7-10H,1-6H3. The van der Waals surface area contributed by atoms with Crippen molar-refractivity contribution in [3.05, 3.63) is 29.3 Å². The summed E-state index contributed by atoms with van der Waals surface area (Å²) in [5, 5.41) is 0. The fourth-order valence-electron chi connectivity index (χ4n) is 1.48. The van der Waals surface area contributed by atoms with Crippen LogP contribution in [0.25, 0.3) is 0 Å². The van der Waals surface area contributed by atoms with E-state index in [1.807, 2.05) is 11.8 Å². The molecule has 0 aromatic heterocycles. The molecule has 0 radical (unpaired) electrons. The third-order valence-electron chi connectivity index (χ3n) is 2.28. The summed E-state index contributed by atoms with van der Waals surface area (Å²) < 4.78 is 0.296. The van der Waals surface area contributed by atoms with Gasteiger partial charge in [0.25, 0.3) is 0 Å². The zero-order chi connectivity index (χ0) is 11.6. The Morgan fingerprint density at radius 3 is 2.13 bits per heavy atom. The van der Waals surface area contributed by atoms with Crippen LogP contribution < -0.4 is 0 Å². The minimum absolute atomic E-state index is 0.296. The summed E-state index contributed by atoms with van der Waals surface area (Å²) >= 11 is 1.95. The molecule has 0 saturated heterocycles. The summed E-state index contributed by atoms with van der Waals surface area (Å²) in [7, 11) is 0. The van der Waals surface area contributed by atoms with E-state index in [2.05, 4.69) is 59.7 Å². The van der Waals surface area contributed by atoms with Crippen LogP contribution in [0, 0.1) is 6.92 Å². The maximum Gasteiger partial charge on any atom is 0.0122 e. The SMILES string of the molecule is Cc1cc(C(C)C)ccc1SC(C)(C)C. The summed E-state index contributed by atoms with van der Waals surface area (Å²) in [5.74, 6) is 0.623. The summed E-state index contributed by atoms with van der Waals surface area (Å²) in [6.45, 7) is 13.5. The molecule has 1 rings (SSSR count). The monoisotopic (exact) mass is 222 g/mol. The molecule has 0 N–H and O–H groups in total. The Labute approximate surface area is 98.5 Å². The van der Waals surface area contributed by atoms with Gasteiger partial charge in [0.15, 0.2) is 0 Å².